The first-order valence-corrected chi connectivity index (χ1v) is 4.96. The monoisotopic (exact) mass is 221 g/mol. The number of benzene rings is 2. The highest BCUT2D eigenvalue weighted by atomic mass is 35.5. The summed E-state index contributed by atoms with van der Waals surface area (Å²) in [6, 6.07) is 16.2. The maximum atomic E-state index is 6.05. The molecule has 0 aromatic heterocycles. The van der Waals surface area contributed by atoms with Crippen LogP contribution in [0.1, 0.15) is 0 Å². The van der Waals surface area contributed by atoms with Gasteiger partial charge in [0.15, 0.2) is 0 Å². The van der Waals surface area contributed by atoms with Gasteiger partial charge in [0.2, 0.25) is 0 Å². The van der Waals surface area contributed by atoms with Gasteiger partial charge in [0, 0.05) is 21.2 Å². The normalized spacial score (nSPS) is 10.1. The van der Waals surface area contributed by atoms with Crippen molar-refractivity contribution in [2.45, 2.75) is 0 Å². The third-order valence-corrected chi connectivity index (χ3v) is 2.59. The number of hydrogen-bond donors (Lipinski definition) is 0. The Labute approximate surface area is 93.1 Å². The van der Waals surface area contributed by atoms with Crippen LogP contribution >= 0.6 is 23.2 Å². The number of hydrogen-bond acceptors (Lipinski definition) is 0. The zero-order valence-corrected chi connectivity index (χ0v) is 8.81. The van der Waals surface area contributed by atoms with Crippen LogP contribution in [0.2, 0.25) is 10.0 Å². The fraction of sp³-hybridized carbons (Fsp3) is 0. The molecule has 0 nitrogen and oxygen atoms in total. The van der Waals surface area contributed by atoms with Gasteiger partial charge in [-0.05, 0) is 18.2 Å². The van der Waals surface area contributed by atoms with Crippen LogP contribution in [0.25, 0.3) is 11.1 Å². The molecule has 1 radical (unpaired) electrons. The summed E-state index contributed by atoms with van der Waals surface area (Å²) >= 11 is 12.1. The first kappa shape index (κ1) is 9.57. The third-order valence-electron chi connectivity index (χ3n) is 1.95. The van der Waals surface area contributed by atoms with Crippen molar-refractivity contribution in [3.05, 3.63) is 58.6 Å². The smallest absolute Gasteiger partial charge is 0.0491 e. The summed E-state index contributed by atoms with van der Waals surface area (Å²) in [5.41, 5.74) is 1.76. The summed E-state index contributed by atoms with van der Waals surface area (Å²) in [5, 5.41) is 1.36. The number of halogens is 2. The van der Waals surface area contributed by atoms with Crippen molar-refractivity contribution in [3.63, 3.8) is 0 Å². The van der Waals surface area contributed by atoms with Crippen LogP contribution in [0.15, 0.2) is 42.5 Å². The van der Waals surface area contributed by atoms with E-state index in [4.69, 9.17) is 23.2 Å². The van der Waals surface area contributed by atoms with E-state index >= 15 is 0 Å². The minimum atomic E-state index is 0.667. The van der Waals surface area contributed by atoms with Gasteiger partial charge in [-0.15, -0.1) is 0 Å². The van der Waals surface area contributed by atoms with Crippen molar-refractivity contribution in [1.29, 1.82) is 0 Å². The van der Waals surface area contributed by atoms with Gasteiger partial charge < -0.3 is 0 Å². The van der Waals surface area contributed by atoms with Crippen molar-refractivity contribution >= 4 is 23.2 Å². The van der Waals surface area contributed by atoms with Gasteiger partial charge in [-0.2, -0.15) is 0 Å². The minimum Gasteiger partial charge on any atom is -0.0837 e. The molecule has 0 N–H and O–H groups in total. The van der Waals surface area contributed by atoms with Crippen LogP contribution < -0.4 is 0 Å². The van der Waals surface area contributed by atoms with Crippen molar-refractivity contribution < 1.29 is 0 Å². The molecule has 0 saturated carbocycles. The van der Waals surface area contributed by atoms with E-state index < -0.39 is 0 Å². The molecular weight excluding hydrogens is 215 g/mol. The molecule has 0 fully saturated rings. The Hall–Kier alpha value is -0.980. The van der Waals surface area contributed by atoms with E-state index in [1.807, 2.05) is 42.5 Å². The first-order valence-electron chi connectivity index (χ1n) is 4.20. The van der Waals surface area contributed by atoms with Crippen LogP contribution in [0, 0.1) is 6.07 Å². The van der Waals surface area contributed by atoms with E-state index in [9.17, 15) is 0 Å². The quantitative estimate of drug-likeness (QED) is 0.668. The molecule has 14 heavy (non-hydrogen) atoms. The van der Waals surface area contributed by atoms with E-state index in [1.54, 1.807) is 0 Å². The Morgan fingerprint density at radius 2 is 1.57 bits per heavy atom. The predicted molar refractivity (Wildman–Crippen MR) is 60.7 cm³/mol. The average Bonchev–Trinajstić information content (AvgIpc) is 2.20. The third kappa shape index (κ3) is 1.77. The lowest BCUT2D eigenvalue weighted by Gasteiger charge is -2.05. The lowest BCUT2D eigenvalue weighted by atomic mass is 10.1. The van der Waals surface area contributed by atoms with Crippen LogP contribution in [-0.2, 0) is 0 Å². The summed E-state index contributed by atoms with van der Waals surface area (Å²) in [7, 11) is 0. The largest absolute Gasteiger partial charge is 0.0837 e. The molecule has 0 unspecified atom stereocenters. The lowest BCUT2D eigenvalue weighted by molar-refractivity contribution is 1.61. The van der Waals surface area contributed by atoms with E-state index in [0.717, 1.165) is 11.1 Å². The second-order valence-corrected chi connectivity index (χ2v) is 3.69. The van der Waals surface area contributed by atoms with Crippen molar-refractivity contribution in [2.24, 2.45) is 0 Å². The summed E-state index contributed by atoms with van der Waals surface area (Å²) in [5.74, 6) is 0. The van der Waals surface area contributed by atoms with Gasteiger partial charge in [0.25, 0.3) is 0 Å². The van der Waals surface area contributed by atoms with Gasteiger partial charge in [-0.3, -0.25) is 0 Å². The molecule has 0 amide bonds. The standard InChI is InChI=1S/C12H7Cl2/c13-11-7-3-1-5-9(11)10-6-2-4-8-12(10)14/h1-5,7-8H. The molecule has 0 aliphatic carbocycles. The minimum absolute atomic E-state index is 0.667. The van der Waals surface area contributed by atoms with Crippen LogP contribution in [0.3, 0.4) is 0 Å². The molecule has 2 heteroatoms. The Balaban J connectivity index is 2.61. The molecule has 0 atom stereocenters. The van der Waals surface area contributed by atoms with Crippen LogP contribution in [0.5, 0.6) is 0 Å². The Morgan fingerprint density at radius 1 is 0.857 bits per heavy atom. The molecule has 0 bridgehead atoms. The highest BCUT2D eigenvalue weighted by molar-refractivity contribution is 6.36. The number of rotatable bonds is 1. The van der Waals surface area contributed by atoms with E-state index in [-0.39, 0.29) is 0 Å². The maximum Gasteiger partial charge on any atom is 0.0491 e. The topological polar surface area (TPSA) is 0 Å². The van der Waals surface area contributed by atoms with Crippen molar-refractivity contribution in [3.8, 4) is 11.1 Å². The molecule has 0 saturated heterocycles. The zero-order valence-electron chi connectivity index (χ0n) is 7.30. The van der Waals surface area contributed by atoms with Crippen molar-refractivity contribution in [2.75, 3.05) is 0 Å². The van der Waals surface area contributed by atoms with E-state index in [1.165, 1.54) is 0 Å². The molecule has 69 valence electrons. The molecule has 0 aliphatic heterocycles. The summed E-state index contributed by atoms with van der Waals surface area (Å²) < 4.78 is 0. The second-order valence-electron chi connectivity index (χ2n) is 2.87. The Morgan fingerprint density at radius 3 is 2.29 bits per heavy atom. The van der Waals surface area contributed by atoms with Gasteiger partial charge in [-0.1, -0.05) is 53.5 Å². The van der Waals surface area contributed by atoms with Crippen molar-refractivity contribution in [1.82, 2.24) is 0 Å². The summed E-state index contributed by atoms with van der Waals surface area (Å²) in [6.45, 7) is 0. The van der Waals surface area contributed by atoms with Gasteiger partial charge >= 0.3 is 0 Å². The Kier molecular flexibility index (Phi) is 2.76. The molecular formula is C12H7Cl2. The lowest BCUT2D eigenvalue weighted by Crippen LogP contribution is -1.80. The molecule has 0 heterocycles. The SMILES string of the molecule is Clc1ccc[c]c1-c1ccccc1Cl. The predicted octanol–water partition coefficient (Wildman–Crippen LogP) is 4.46. The Bertz CT molecular complexity index is 406. The fourth-order valence-electron chi connectivity index (χ4n) is 1.29. The highest BCUT2D eigenvalue weighted by Crippen LogP contribution is 2.32. The first-order chi connectivity index (χ1) is 6.79. The van der Waals surface area contributed by atoms with Gasteiger partial charge in [0.05, 0.1) is 0 Å². The molecule has 0 spiro atoms. The summed E-state index contributed by atoms with van der Waals surface area (Å²) in [4.78, 5) is 0. The van der Waals surface area contributed by atoms with Crippen LogP contribution in [0.4, 0.5) is 0 Å². The zero-order chi connectivity index (χ0) is 9.97. The molecule has 2 rings (SSSR count). The summed E-state index contributed by atoms with van der Waals surface area (Å²) in [6.07, 6.45) is 0. The molecule has 2 aromatic rings. The van der Waals surface area contributed by atoms with Gasteiger partial charge in [0.1, 0.15) is 0 Å². The highest BCUT2D eigenvalue weighted by Gasteiger charge is 2.05. The van der Waals surface area contributed by atoms with E-state index in [0.29, 0.717) is 10.0 Å². The fourth-order valence-corrected chi connectivity index (χ4v) is 1.75. The van der Waals surface area contributed by atoms with Crippen LogP contribution in [-0.4, -0.2) is 0 Å². The second kappa shape index (κ2) is 4.04. The van der Waals surface area contributed by atoms with Gasteiger partial charge in [-0.25, -0.2) is 0 Å². The molecule has 2 aromatic carbocycles. The van der Waals surface area contributed by atoms with E-state index in [2.05, 4.69) is 6.07 Å². The molecule has 0 aliphatic rings. The maximum absolute atomic E-state index is 6.05. The average molecular weight is 222 g/mol.